The number of aromatic amines is 1. The average Bonchev–Trinajstić information content (AvgIpc) is 2.96. The lowest BCUT2D eigenvalue weighted by Gasteiger charge is -2.26. The van der Waals surface area contributed by atoms with Crippen molar-refractivity contribution in [3.63, 3.8) is 0 Å². The van der Waals surface area contributed by atoms with Gasteiger partial charge in [-0.3, -0.25) is 10.1 Å². The molecule has 2 atom stereocenters. The van der Waals surface area contributed by atoms with Gasteiger partial charge in [-0.2, -0.15) is 10.5 Å². The molecule has 2 aromatic rings. The Kier molecular flexibility index (Phi) is 3.59. The SMILES string of the molecule is COc1n[nH]c2ccc(C3C(C#N)=C(C)N=C(C)C3C#N)cc12. The molecule has 1 aliphatic heterocycles. The third-order valence-corrected chi connectivity index (χ3v) is 4.19. The van der Waals surface area contributed by atoms with Crippen LogP contribution in [-0.4, -0.2) is 23.0 Å². The zero-order chi connectivity index (χ0) is 16.6. The first-order valence-electron chi connectivity index (χ1n) is 7.18. The topological polar surface area (TPSA) is 97.8 Å². The highest BCUT2D eigenvalue weighted by Crippen LogP contribution is 2.39. The molecule has 0 spiro atoms. The summed E-state index contributed by atoms with van der Waals surface area (Å²) in [7, 11) is 1.56. The monoisotopic (exact) mass is 305 g/mol. The zero-order valence-electron chi connectivity index (χ0n) is 13.1. The van der Waals surface area contributed by atoms with Gasteiger partial charge in [-0.1, -0.05) is 6.07 Å². The Hall–Kier alpha value is -3.12. The molecule has 1 aromatic carbocycles. The minimum atomic E-state index is -0.455. The van der Waals surface area contributed by atoms with E-state index < -0.39 is 5.92 Å². The van der Waals surface area contributed by atoms with E-state index in [-0.39, 0.29) is 5.92 Å². The van der Waals surface area contributed by atoms with E-state index in [1.165, 1.54) is 0 Å². The first-order valence-corrected chi connectivity index (χ1v) is 7.18. The lowest BCUT2D eigenvalue weighted by molar-refractivity contribution is 0.401. The fraction of sp³-hybridized carbons (Fsp3) is 0.294. The summed E-state index contributed by atoms with van der Waals surface area (Å²) in [6, 6.07) is 10.2. The number of benzene rings is 1. The summed E-state index contributed by atoms with van der Waals surface area (Å²) in [4.78, 5) is 4.36. The number of hydrogen-bond donors (Lipinski definition) is 1. The molecule has 0 fully saturated rings. The second kappa shape index (κ2) is 5.58. The van der Waals surface area contributed by atoms with E-state index in [9.17, 15) is 10.5 Å². The number of rotatable bonds is 2. The second-order valence-corrected chi connectivity index (χ2v) is 5.49. The maximum atomic E-state index is 9.56. The molecule has 6 heteroatoms. The quantitative estimate of drug-likeness (QED) is 0.921. The fourth-order valence-electron chi connectivity index (χ4n) is 3.06. The molecule has 1 aromatic heterocycles. The smallest absolute Gasteiger partial charge is 0.240 e. The first kappa shape index (κ1) is 14.8. The van der Waals surface area contributed by atoms with Gasteiger partial charge < -0.3 is 4.74 Å². The highest BCUT2D eigenvalue weighted by Gasteiger charge is 2.34. The van der Waals surface area contributed by atoms with E-state index in [0.717, 1.165) is 22.2 Å². The summed E-state index contributed by atoms with van der Waals surface area (Å²) in [5, 5.41) is 26.9. The number of aliphatic imine (C=N–C) groups is 1. The highest BCUT2D eigenvalue weighted by atomic mass is 16.5. The Bertz CT molecular complexity index is 923. The lowest BCUT2D eigenvalue weighted by atomic mass is 9.77. The summed E-state index contributed by atoms with van der Waals surface area (Å²) < 4.78 is 5.25. The van der Waals surface area contributed by atoms with E-state index in [4.69, 9.17) is 4.74 Å². The molecule has 2 unspecified atom stereocenters. The van der Waals surface area contributed by atoms with Crippen LogP contribution in [-0.2, 0) is 0 Å². The Morgan fingerprint density at radius 3 is 2.70 bits per heavy atom. The maximum Gasteiger partial charge on any atom is 0.240 e. The molecule has 0 aliphatic carbocycles. The molecule has 0 saturated carbocycles. The van der Waals surface area contributed by atoms with Crippen molar-refractivity contribution >= 4 is 16.6 Å². The molecule has 0 amide bonds. The molecule has 0 saturated heterocycles. The molecule has 6 nitrogen and oxygen atoms in total. The first-order chi connectivity index (χ1) is 11.1. The van der Waals surface area contributed by atoms with Crippen molar-refractivity contribution in [2.75, 3.05) is 7.11 Å². The average molecular weight is 305 g/mol. The van der Waals surface area contributed by atoms with E-state index in [1.807, 2.05) is 25.1 Å². The molecule has 1 N–H and O–H groups in total. The molecular weight excluding hydrogens is 290 g/mol. The maximum absolute atomic E-state index is 9.56. The highest BCUT2D eigenvalue weighted by molar-refractivity contribution is 5.91. The van der Waals surface area contributed by atoms with Crippen LogP contribution in [0.3, 0.4) is 0 Å². The Morgan fingerprint density at radius 1 is 1.26 bits per heavy atom. The molecule has 0 bridgehead atoms. The van der Waals surface area contributed by atoms with Crippen molar-refractivity contribution in [1.82, 2.24) is 10.2 Å². The van der Waals surface area contributed by atoms with Crippen LogP contribution in [0.4, 0.5) is 0 Å². The molecule has 2 heterocycles. The van der Waals surface area contributed by atoms with Crippen LogP contribution < -0.4 is 4.74 Å². The number of H-pyrrole nitrogens is 1. The van der Waals surface area contributed by atoms with E-state index in [1.54, 1.807) is 14.0 Å². The minimum Gasteiger partial charge on any atom is -0.480 e. The number of fused-ring (bicyclic) bond motifs is 1. The van der Waals surface area contributed by atoms with Crippen LogP contribution in [0.2, 0.25) is 0 Å². The summed E-state index contributed by atoms with van der Waals surface area (Å²) in [6.45, 7) is 3.63. The lowest BCUT2D eigenvalue weighted by Crippen LogP contribution is -2.24. The van der Waals surface area contributed by atoms with Crippen molar-refractivity contribution in [1.29, 1.82) is 10.5 Å². The number of ether oxygens (including phenoxy) is 1. The van der Waals surface area contributed by atoms with Gasteiger partial charge in [0.05, 0.1) is 47.3 Å². The summed E-state index contributed by atoms with van der Waals surface area (Å²) in [5.41, 5.74) is 3.66. The number of hydrogen-bond acceptors (Lipinski definition) is 5. The number of allylic oxidation sites excluding steroid dienone is 2. The van der Waals surface area contributed by atoms with Crippen molar-refractivity contribution in [2.24, 2.45) is 10.9 Å². The summed E-state index contributed by atoms with van der Waals surface area (Å²) in [5.74, 6) is -0.286. The van der Waals surface area contributed by atoms with E-state index in [0.29, 0.717) is 17.2 Å². The Balaban J connectivity index is 2.21. The van der Waals surface area contributed by atoms with Crippen molar-refractivity contribution in [3.05, 3.63) is 35.0 Å². The number of nitrogens with one attached hydrogen (secondary N) is 1. The van der Waals surface area contributed by atoms with Gasteiger partial charge in [-0.25, -0.2) is 0 Å². The fourth-order valence-corrected chi connectivity index (χ4v) is 3.06. The molecule has 0 radical (unpaired) electrons. The number of nitriles is 2. The van der Waals surface area contributed by atoms with Gasteiger partial charge in [-0.05, 0) is 31.5 Å². The number of nitrogens with zero attached hydrogens (tertiary/aromatic N) is 4. The predicted octanol–water partition coefficient (Wildman–Crippen LogP) is 3.07. The zero-order valence-corrected chi connectivity index (χ0v) is 13.1. The van der Waals surface area contributed by atoms with Gasteiger partial charge >= 0.3 is 0 Å². The van der Waals surface area contributed by atoms with Gasteiger partial charge in [0.15, 0.2) is 0 Å². The van der Waals surface area contributed by atoms with Crippen LogP contribution in [0.25, 0.3) is 10.9 Å². The molecular formula is C17H15N5O. The van der Waals surface area contributed by atoms with Crippen LogP contribution in [0, 0.1) is 28.6 Å². The van der Waals surface area contributed by atoms with E-state index in [2.05, 4.69) is 27.3 Å². The third-order valence-electron chi connectivity index (χ3n) is 4.19. The molecule has 23 heavy (non-hydrogen) atoms. The van der Waals surface area contributed by atoms with Gasteiger partial charge in [0, 0.05) is 11.6 Å². The van der Waals surface area contributed by atoms with Crippen LogP contribution in [0.5, 0.6) is 5.88 Å². The predicted molar refractivity (Wildman–Crippen MR) is 85.9 cm³/mol. The summed E-state index contributed by atoms with van der Waals surface area (Å²) in [6.07, 6.45) is 0. The van der Waals surface area contributed by atoms with E-state index >= 15 is 0 Å². The minimum absolute atomic E-state index is 0.327. The number of aromatic nitrogens is 2. The largest absolute Gasteiger partial charge is 0.480 e. The third kappa shape index (κ3) is 2.25. The van der Waals surface area contributed by atoms with Gasteiger partial charge in [0.25, 0.3) is 0 Å². The van der Waals surface area contributed by atoms with Crippen molar-refractivity contribution < 1.29 is 4.74 Å². The second-order valence-electron chi connectivity index (χ2n) is 5.49. The molecule has 114 valence electrons. The van der Waals surface area contributed by atoms with Crippen LogP contribution >= 0.6 is 0 Å². The normalized spacial score (nSPS) is 20.8. The van der Waals surface area contributed by atoms with Crippen molar-refractivity contribution in [3.8, 4) is 18.0 Å². The van der Waals surface area contributed by atoms with Gasteiger partial charge in [0.2, 0.25) is 5.88 Å². The van der Waals surface area contributed by atoms with Gasteiger partial charge in [-0.15, -0.1) is 5.10 Å². The molecule has 3 rings (SSSR count). The van der Waals surface area contributed by atoms with Crippen LogP contribution in [0.15, 0.2) is 34.5 Å². The van der Waals surface area contributed by atoms with Crippen LogP contribution in [0.1, 0.15) is 25.3 Å². The number of methoxy groups -OCH3 is 1. The van der Waals surface area contributed by atoms with Crippen molar-refractivity contribution in [2.45, 2.75) is 19.8 Å². The van der Waals surface area contributed by atoms with Gasteiger partial charge in [0.1, 0.15) is 0 Å². The Labute approximate surface area is 133 Å². The molecule has 1 aliphatic rings. The Morgan fingerprint density at radius 2 is 2.04 bits per heavy atom. The standard InChI is InChI=1S/C17H15N5O/c1-9-13(7-18)16(14(8-19)10(2)20-9)11-4-5-15-12(6-11)17(23-3)22-21-15/h4-6,13,16H,1-3H3,(H,21,22). The summed E-state index contributed by atoms with van der Waals surface area (Å²) >= 11 is 0.